The van der Waals surface area contributed by atoms with Gasteiger partial charge in [0.2, 0.25) is 6.39 Å². The first-order chi connectivity index (χ1) is 7.79. The summed E-state index contributed by atoms with van der Waals surface area (Å²) in [5.41, 5.74) is 0. The lowest BCUT2D eigenvalue weighted by atomic mass is 9.97. The van der Waals surface area contributed by atoms with Gasteiger partial charge in [0.15, 0.2) is 5.82 Å². The van der Waals surface area contributed by atoms with E-state index in [0.29, 0.717) is 12.0 Å². The van der Waals surface area contributed by atoms with Crippen LogP contribution < -0.4 is 5.32 Å². The van der Waals surface area contributed by atoms with Gasteiger partial charge in [-0.3, -0.25) is 4.90 Å². The van der Waals surface area contributed by atoms with Crippen molar-refractivity contribution >= 4 is 0 Å². The topological polar surface area (TPSA) is 54.2 Å². The molecule has 0 bridgehead atoms. The minimum absolute atomic E-state index is 0.589. The van der Waals surface area contributed by atoms with Crippen molar-refractivity contribution in [3.05, 3.63) is 12.2 Å². The Balaban J connectivity index is 1.87. The third-order valence-corrected chi connectivity index (χ3v) is 3.39. The molecule has 0 aromatic carbocycles. The molecule has 1 aliphatic heterocycles. The second-order valence-electron chi connectivity index (χ2n) is 4.53. The number of hydrogen-bond acceptors (Lipinski definition) is 5. The van der Waals surface area contributed by atoms with E-state index in [4.69, 9.17) is 4.52 Å². The van der Waals surface area contributed by atoms with Gasteiger partial charge in [0, 0.05) is 25.7 Å². The van der Waals surface area contributed by atoms with Gasteiger partial charge >= 0.3 is 0 Å². The van der Waals surface area contributed by atoms with Crippen molar-refractivity contribution in [3.8, 4) is 0 Å². The molecule has 5 heteroatoms. The summed E-state index contributed by atoms with van der Waals surface area (Å²) in [6.45, 7) is 8.52. The summed E-state index contributed by atoms with van der Waals surface area (Å²) < 4.78 is 4.75. The van der Waals surface area contributed by atoms with Crippen molar-refractivity contribution in [3.63, 3.8) is 0 Å². The van der Waals surface area contributed by atoms with Gasteiger partial charge in [0.25, 0.3) is 0 Å². The average Bonchev–Trinajstić information content (AvgIpc) is 2.81. The Labute approximate surface area is 96.2 Å². The maximum absolute atomic E-state index is 4.75. The van der Waals surface area contributed by atoms with E-state index in [0.717, 1.165) is 32.0 Å². The van der Waals surface area contributed by atoms with Crippen molar-refractivity contribution in [2.75, 3.05) is 19.6 Å². The molecule has 1 aliphatic rings. The first-order valence-electron chi connectivity index (χ1n) is 6.00. The second-order valence-corrected chi connectivity index (χ2v) is 4.53. The molecular weight excluding hydrogens is 204 g/mol. The van der Waals surface area contributed by atoms with E-state index in [1.54, 1.807) is 0 Å². The molecule has 1 aromatic rings. The summed E-state index contributed by atoms with van der Waals surface area (Å²) in [5.74, 6) is 1.50. The molecule has 0 spiro atoms. The fourth-order valence-corrected chi connectivity index (χ4v) is 2.11. The van der Waals surface area contributed by atoms with Crippen LogP contribution in [0.1, 0.15) is 26.1 Å². The van der Waals surface area contributed by atoms with Crippen LogP contribution in [0.15, 0.2) is 10.9 Å². The molecule has 2 unspecified atom stereocenters. The van der Waals surface area contributed by atoms with Crippen LogP contribution in [0.5, 0.6) is 0 Å². The summed E-state index contributed by atoms with van der Waals surface area (Å²) in [6.07, 6.45) is 2.61. The Morgan fingerprint density at radius 3 is 3.25 bits per heavy atom. The maximum Gasteiger partial charge on any atom is 0.213 e. The van der Waals surface area contributed by atoms with Gasteiger partial charge in [0.1, 0.15) is 0 Å². The Morgan fingerprint density at radius 2 is 2.56 bits per heavy atom. The molecule has 0 aliphatic carbocycles. The molecule has 1 N–H and O–H groups in total. The zero-order chi connectivity index (χ0) is 11.4. The van der Waals surface area contributed by atoms with Crippen molar-refractivity contribution in [1.82, 2.24) is 20.4 Å². The van der Waals surface area contributed by atoms with Gasteiger partial charge in [-0.05, 0) is 5.92 Å². The van der Waals surface area contributed by atoms with Crippen molar-refractivity contribution < 1.29 is 4.52 Å². The number of rotatable bonds is 4. The number of piperazine rings is 1. The fourth-order valence-electron chi connectivity index (χ4n) is 2.11. The predicted octanol–water partition coefficient (Wildman–Crippen LogP) is 0.889. The van der Waals surface area contributed by atoms with Gasteiger partial charge in [-0.25, -0.2) is 0 Å². The van der Waals surface area contributed by atoms with Crippen LogP contribution in [0, 0.1) is 5.92 Å². The second kappa shape index (κ2) is 5.41. The molecule has 1 fully saturated rings. The van der Waals surface area contributed by atoms with E-state index in [1.807, 2.05) is 0 Å². The zero-order valence-electron chi connectivity index (χ0n) is 10.0. The van der Waals surface area contributed by atoms with Gasteiger partial charge in [-0.2, -0.15) is 4.98 Å². The van der Waals surface area contributed by atoms with Crippen LogP contribution in [0.25, 0.3) is 0 Å². The highest BCUT2D eigenvalue weighted by Crippen LogP contribution is 2.13. The van der Waals surface area contributed by atoms with Gasteiger partial charge in [-0.15, -0.1) is 0 Å². The number of hydrogen-bond donors (Lipinski definition) is 1. The molecule has 2 rings (SSSR count). The van der Waals surface area contributed by atoms with E-state index >= 15 is 0 Å². The minimum atomic E-state index is 0.589. The Kier molecular flexibility index (Phi) is 3.90. The van der Waals surface area contributed by atoms with Crippen LogP contribution in [-0.2, 0) is 6.54 Å². The van der Waals surface area contributed by atoms with Crippen LogP contribution in [-0.4, -0.2) is 40.7 Å². The van der Waals surface area contributed by atoms with E-state index in [1.165, 1.54) is 12.8 Å². The molecule has 2 heterocycles. The smallest absolute Gasteiger partial charge is 0.213 e. The largest absolute Gasteiger partial charge is 0.343 e. The molecule has 0 amide bonds. The molecule has 1 aromatic heterocycles. The minimum Gasteiger partial charge on any atom is -0.343 e. The molecule has 0 saturated carbocycles. The normalized spacial score (nSPS) is 24.5. The predicted molar refractivity (Wildman–Crippen MR) is 60.8 cm³/mol. The lowest BCUT2D eigenvalue weighted by Gasteiger charge is -2.35. The summed E-state index contributed by atoms with van der Waals surface area (Å²) in [5, 5.41) is 7.43. The van der Waals surface area contributed by atoms with Gasteiger partial charge in [-0.1, -0.05) is 25.4 Å². The van der Waals surface area contributed by atoms with Crippen LogP contribution in [0.3, 0.4) is 0 Å². The van der Waals surface area contributed by atoms with Crippen molar-refractivity contribution in [1.29, 1.82) is 0 Å². The average molecular weight is 224 g/mol. The van der Waals surface area contributed by atoms with E-state index in [9.17, 15) is 0 Å². The van der Waals surface area contributed by atoms with E-state index in [2.05, 4.69) is 34.2 Å². The van der Waals surface area contributed by atoms with Gasteiger partial charge < -0.3 is 9.84 Å². The van der Waals surface area contributed by atoms with Gasteiger partial charge in [0.05, 0.1) is 6.54 Å². The molecule has 0 radical (unpaired) electrons. The highest BCUT2D eigenvalue weighted by atomic mass is 16.5. The standard InChI is InChI=1S/C11H20N4O/c1-3-9(2)10-6-15(5-4-12-10)7-11-13-8-16-14-11/h8-10,12H,3-7H2,1-2H3. The highest BCUT2D eigenvalue weighted by molar-refractivity contribution is 4.85. The number of aromatic nitrogens is 2. The maximum atomic E-state index is 4.75. The zero-order valence-corrected chi connectivity index (χ0v) is 10.0. The van der Waals surface area contributed by atoms with E-state index < -0.39 is 0 Å². The Bertz CT molecular complexity index is 301. The van der Waals surface area contributed by atoms with Crippen LogP contribution in [0.2, 0.25) is 0 Å². The molecule has 90 valence electrons. The van der Waals surface area contributed by atoms with E-state index in [-0.39, 0.29) is 0 Å². The summed E-state index contributed by atoms with van der Waals surface area (Å²) >= 11 is 0. The van der Waals surface area contributed by atoms with Crippen LogP contribution >= 0.6 is 0 Å². The summed E-state index contributed by atoms with van der Waals surface area (Å²) in [7, 11) is 0. The molecule has 2 atom stereocenters. The SMILES string of the molecule is CCC(C)C1CN(Cc2ncon2)CCN1. The van der Waals surface area contributed by atoms with Crippen molar-refractivity contribution in [2.45, 2.75) is 32.9 Å². The highest BCUT2D eigenvalue weighted by Gasteiger charge is 2.23. The lowest BCUT2D eigenvalue weighted by molar-refractivity contribution is 0.158. The van der Waals surface area contributed by atoms with Crippen LogP contribution in [0.4, 0.5) is 0 Å². The fraction of sp³-hybridized carbons (Fsp3) is 0.818. The Hall–Kier alpha value is -0.940. The molecular formula is C11H20N4O. The third-order valence-electron chi connectivity index (χ3n) is 3.39. The quantitative estimate of drug-likeness (QED) is 0.823. The summed E-state index contributed by atoms with van der Waals surface area (Å²) in [6, 6.07) is 0.589. The molecule has 5 nitrogen and oxygen atoms in total. The number of nitrogens with zero attached hydrogens (tertiary/aromatic N) is 3. The third kappa shape index (κ3) is 2.80. The molecule has 16 heavy (non-hydrogen) atoms. The summed E-state index contributed by atoms with van der Waals surface area (Å²) in [4.78, 5) is 6.45. The Morgan fingerprint density at radius 1 is 1.69 bits per heavy atom. The monoisotopic (exact) mass is 224 g/mol. The van der Waals surface area contributed by atoms with Crippen molar-refractivity contribution in [2.24, 2.45) is 5.92 Å². The number of nitrogens with one attached hydrogen (secondary N) is 1. The first-order valence-corrected chi connectivity index (χ1v) is 6.00. The molecule has 1 saturated heterocycles. The lowest BCUT2D eigenvalue weighted by Crippen LogP contribution is -2.52. The first kappa shape index (κ1) is 11.5.